The molecule has 1 unspecified atom stereocenters. The average molecular weight is 209 g/mol. The number of ketones is 1. The summed E-state index contributed by atoms with van der Waals surface area (Å²) in [5.74, 6) is 0.946. The van der Waals surface area contributed by atoms with Crippen LogP contribution < -0.4 is 5.32 Å². The molecule has 0 aromatic heterocycles. The van der Waals surface area contributed by atoms with E-state index in [2.05, 4.69) is 5.32 Å². The number of hydrogen-bond donors (Lipinski definition) is 1. The van der Waals surface area contributed by atoms with Gasteiger partial charge in [-0.25, -0.2) is 0 Å². The molecule has 1 saturated heterocycles. The van der Waals surface area contributed by atoms with Crippen LogP contribution in [0.2, 0.25) is 0 Å². The third kappa shape index (κ3) is 3.30. The molecule has 0 radical (unpaired) electrons. The molecular formula is C13H23NO. The van der Waals surface area contributed by atoms with Gasteiger partial charge < -0.3 is 5.32 Å². The maximum absolute atomic E-state index is 12.0. The van der Waals surface area contributed by atoms with E-state index in [1.165, 1.54) is 38.5 Å². The van der Waals surface area contributed by atoms with E-state index in [9.17, 15) is 4.79 Å². The van der Waals surface area contributed by atoms with E-state index in [1.54, 1.807) is 0 Å². The standard InChI is InChI=1S/C13H23NO/c15-13(11-6-3-4-7-11)10-12-8-2-1-5-9-14-12/h11-12,14H,1-10H2. The van der Waals surface area contributed by atoms with Crippen molar-refractivity contribution in [3.05, 3.63) is 0 Å². The van der Waals surface area contributed by atoms with Crippen LogP contribution in [0, 0.1) is 5.92 Å². The maximum Gasteiger partial charge on any atom is 0.137 e. The van der Waals surface area contributed by atoms with Crippen molar-refractivity contribution < 1.29 is 4.79 Å². The van der Waals surface area contributed by atoms with Gasteiger partial charge in [-0.05, 0) is 32.2 Å². The lowest BCUT2D eigenvalue weighted by Gasteiger charge is -2.17. The summed E-state index contributed by atoms with van der Waals surface area (Å²) >= 11 is 0. The third-order valence-electron chi connectivity index (χ3n) is 3.92. The van der Waals surface area contributed by atoms with Crippen molar-refractivity contribution in [1.29, 1.82) is 0 Å². The summed E-state index contributed by atoms with van der Waals surface area (Å²) in [5.41, 5.74) is 0. The first-order valence-corrected chi connectivity index (χ1v) is 6.62. The molecular weight excluding hydrogens is 186 g/mol. The van der Waals surface area contributed by atoms with Crippen LogP contribution in [0.3, 0.4) is 0 Å². The van der Waals surface area contributed by atoms with Crippen LogP contribution in [-0.2, 0) is 4.79 Å². The predicted molar refractivity (Wildman–Crippen MR) is 61.8 cm³/mol. The van der Waals surface area contributed by atoms with Crippen molar-refractivity contribution in [2.24, 2.45) is 5.92 Å². The molecule has 1 aliphatic heterocycles. The minimum absolute atomic E-state index is 0.412. The molecule has 86 valence electrons. The van der Waals surface area contributed by atoms with Crippen LogP contribution in [0.4, 0.5) is 0 Å². The Labute approximate surface area is 92.8 Å². The second kappa shape index (κ2) is 5.64. The van der Waals surface area contributed by atoms with Crippen LogP contribution >= 0.6 is 0 Å². The Hall–Kier alpha value is -0.370. The fourth-order valence-corrected chi connectivity index (χ4v) is 2.93. The lowest BCUT2D eigenvalue weighted by molar-refractivity contribution is -0.123. The number of carbonyl (C=O) groups is 1. The van der Waals surface area contributed by atoms with E-state index >= 15 is 0 Å². The minimum atomic E-state index is 0.412. The molecule has 1 saturated carbocycles. The molecule has 0 aromatic carbocycles. The Bertz CT molecular complexity index is 201. The second-order valence-corrected chi connectivity index (χ2v) is 5.15. The highest BCUT2D eigenvalue weighted by molar-refractivity contribution is 5.81. The zero-order valence-corrected chi connectivity index (χ0v) is 9.63. The van der Waals surface area contributed by atoms with Crippen LogP contribution in [0.25, 0.3) is 0 Å². The molecule has 2 aliphatic rings. The molecule has 1 N–H and O–H groups in total. The van der Waals surface area contributed by atoms with Gasteiger partial charge in [0, 0.05) is 18.4 Å². The number of hydrogen-bond acceptors (Lipinski definition) is 2. The van der Waals surface area contributed by atoms with E-state index in [0.29, 0.717) is 17.7 Å². The zero-order chi connectivity index (χ0) is 10.5. The van der Waals surface area contributed by atoms with Gasteiger partial charge >= 0.3 is 0 Å². The highest BCUT2D eigenvalue weighted by Gasteiger charge is 2.25. The first-order chi connectivity index (χ1) is 7.36. The van der Waals surface area contributed by atoms with Gasteiger partial charge in [0.1, 0.15) is 5.78 Å². The molecule has 1 heterocycles. The second-order valence-electron chi connectivity index (χ2n) is 5.15. The van der Waals surface area contributed by atoms with Gasteiger partial charge in [0.05, 0.1) is 0 Å². The van der Waals surface area contributed by atoms with Crippen LogP contribution in [0.5, 0.6) is 0 Å². The summed E-state index contributed by atoms with van der Waals surface area (Å²) in [7, 11) is 0. The lowest BCUT2D eigenvalue weighted by atomic mass is 9.95. The monoisotopic (exact) mass is 209 g/mol. The van der Waals surface area contributed by atoms with E-state index in [4.69, 9.17) is 0 Å². The zero-order valence-electron chi connectivity index (χ0n) is 9.63. The van der Waals surface area contributed by atoms with E-state index < -0.39 is 0 Å². The summed E-state index contributed by atoms with van der Waals surface area (Å²) in [5, 5.41) is 3.52. The summed E-state index contributed by atoms with van der Waals surface area (Å²) < 4.78 is 0. The van der Waals surface area contributed by atoms with Crippen molar-refractivity contribution in [2.75, 3.05) is 6.54 Å². The fraction of sp³-hybridized carbons (Fsp3) is 0.923. The van der Waals surface area contributed by atoms with Gasteiger partial charge in [-0.3, -0.25) is 4.79 Å². The summed E-state index contributed by atoms with van der Waals surface area (Å²) in [6.45, 7) is 1.11. The molecule has 1 atom stereocenters. The molecule has 2 heteroatoms. The Morgan fingerprint density at radius 2 is 1.73 bits per heavy atom. The molecule has 0 aromatic rings. The predicted octanol–water partition coefficient (Wildman–Crippen LogP) is 2.67. The molecule has 0 spiro atoms. The number of Topliss-reactive ketones (excluding diaryl/α,β-unsaturated/α-hetero) is 1. The number of carbonyl (C=O) groups excluding carboxylic acids is 1. The normalized spacial score (nSPS) is 28.9. The fourth-order valence-electron chi connectivity index (χ4n) is 2.93. The number of nitrogens with one attached hydrogen (secondary N) is 1. The minimum Gasteiger partial charge on any atom is -0.314 e. The quantitative estimate of drug-likeness (QED) is 0.774. The van der Waals surface area contributed by atoms with Crippen molar-refractivity contribution >= 4 is 5.78 Å². The molecule has 0 bridgehead atoms. The van der Waals surface area contributed by atoms with Gasteiger partial charge in [-0.1, -0.05) is 25.7 Å². The van der Waals surface area contributed by atoms with Crippen molar-refractivity contribution in [3.63, 3.8) is 0 Å². The average Bonchev–Trinajstić information content (AvgIpc) is 2.65. The first kappa shape index (κ1) is 11.1. The highest BCUT2D eigenvalue weighted by Crippen LogP contribution is 2.27. The summed E-state index contributed by atoms with van der Waals surface area (Å²) in [6, 6.07) is 0.487. The Morgan fingerprint density at radius 1 is 1.00 bits per heavy atom. The molecule has 0 amide bonds. The Balaban J connectivity index is 1.76. The molecule has 1 aliphatic carbocycles. The largest absolute Gasteiger partial charge is 0.314 e. The molecule has 2 rings (SSSR count). The SMILES string of the molecule is O=C(CC1CCCCCN1)C1CCCC1. The van der Waals surface area contributed by atoms with E-state index in [1.807, 2.05) is 0 Å². The molecule has 15 heavy (non-hydrogen) atoms. The molecule has 2 fully saturated rings. The highest BCUT2D eigenvalue weighted by atomic mass is 16.1. The topological polar surface area (TPSA) is 29.1 Å². The summed E-state index contributed by atoms with van der Waals surface area (Å²) in [4.78, 5) is 12.0. The van der Waals surface area contributed by atoms with Crippen LogP contribution in [-0.4, -0.2) is 18.4 Å². The van der Waals surface area contributed by atoms with Gasteiger partial charge in [-0.15, -0.1) is 0 Å². The summed E-state index contributed by atoms with van der Waals surface area (Å²) in [6.07, 6.45) is 10.8. The van der Waals surface area contributed by atoms with Crippen LogP contribution in [0.1, 0.15) is 57.8 Å². The lowest BCUT2D eigenvalue weighted by Crippen LogP contribution is -2.32. The van der Waals surface area contributed by atoms with Gasteiger partial charge in [-0.2, -0.15) is 0 Å². The maximum atomic E-state index is 12.0. The number of rotatable bonds is 3. The van der Waals surface area contributed by atoms with Gasteiger partial charge in [0.2, 0.25) is 0 Å². The molecule has 2 nitrogen and oxygen atoms in total. The van der Waals surface area contributed by atoms with Crippen molar-refractivity contribution in [1.82, 2.24) is 5.32 Å². The Morgan fingerprint density at radius 3 is 2.53 bits per heavy atom. The van der Waals surface area contributed by atoms with Crippen molar-refractivity contribution in [3.8, 4) is 0 Å². The Kier molecular flexibility index (Phi) is 4.18. The van der Waals surface area contributed by atoms with E-state index in [-0.39, 0.29) is 0 Å². The van der Waals surface area contributed by atoms with E-state index in [0.717, 1.165) is 25.8 Å². The van der Waals surface area contributed by atoms with Crippen LogP contribution in [0.15, 0.2) is 0 Å². The van der Waals surface area contributed by atoms with Gasteiger partial charge in [0.25, 0.3) is 0 Å². The van der Waals surface area contributed by atoms with Gasteiger partial charge in [0.15, 0.2) is 0 Å². The van der Waals surface area contributed by atoms with Crippen molar-refractivity contribution in [2.45, 2.75) is 63.8 Å². The smallest absolute Gasteiger partial charge is 0.137 e. The third-order valence-corrected chi connectivity index (χ3v) is 3.92. The first-order valence-electron chi connectivity index (χ1n) is 6.62.